The van der Waals surface area contributed by atoms with E-state index in [9.17, 15) is 9.59 Å². The number of carbonyl (C=O) groups is 2. The van der Waals surface area contributed by atoms with Crippen LogP contribution in [0.5, 0.6) is 0 Å². The molecule has 0 heterocycles. The predicted molar refractivity (Wildman–Crippen MR) is 106 cm³/mol. The van der Waals surface area contributed by atoms with Crippen LogP contribution in [-0.2, 0) is 0 Å². The zero-order chi connectivity index (χ0) is 17.8. The largest absolute Gasteiger partial charge is 0.295 e. The minimum absolute atomic E-state index is 0.111. The van der Waals surface area contributed by atoms with Gasteiger partial charge in [-0.25, -0.2) is 0 Å². The van der Waals surface area contributed by atoms with E-state index in [1.165, 1.54) is 42.7 Å². The average Bonchev–Trinajstić information content (AvgIpc) is 2.64. The molecule has 0 unspecified atom stereocenters. The Balaban J connectivity index is 1.96. The minimum Gasteiger partial charge on any atom is -0.295 e. The van der Waals surface area contributed by atoms with Gasteiger partial charge in [0.2, 0.25) is 0 Å². The average molecular weight is 352 g/mol. The SMILES string of the molecule is CC(=O)c1ccc(P(c2ccc(C(C)=O)cc2)C2CCCCC2)cc1. The zero-order valence-corrected chi connectivity index (χ0v) is 15.9. The van der Waals surface area contributed by atoms with Crippen LogP contribution in [0.3, 0.4) is 0 Å². The fourth-order valence-electron chi connectivity index (χ4n) is 3.62. The van der Waals surface area contributed by atoms with Gasteiger partial charge in [-0.15, -0.1) is 0 Å². The van der Waals surface area contributed by atoms with Crippen LogP contribution < -0.4 is 10.6 Å². The summed E-state index contributed by atoms with van der Waals surface area (Å²) in [6.45, 7) is 3.22. The molecule has 1 aliphatic carbocycles. The number of benzene rings is 2. The first kappa shape index (κ1) is 18.0. The molecule has 0 aliphatic heterocycles. The lowest BCUT2D eigenvalue weighted by Crippen LogP contribution is -2.24. The van der Waals surface area contributed by atoms with Crippen LogP contribution in [0, 0.1) is 0 Å². The second-order valence-electron chi connectivity index (χ2n) is 6.87. The second-order valence-corrected chi connectivity index (χ2v) is 9.37. The molecule has 2 aromatic carbocycles. The molecule has 130 valence electrons. The topological polar surface area (TPSA) is 34.1 Å². The molecule has 0 atom stereocenters. The highest BCUT2D eigenvalue weighted by Gasteiger charge is 2.26. The van der Waals surface area contributed by atoms with Crippen LogP contribution in [-0.4, -0.2) is 17.2 Å². The highest BCUT2D eigenvalue weighted by Crippen LogP contribution is 2.46. The number of rotatable bonds is 5. The van der Waals surface area contributed by atoms with Crippen LogP contribution in [0.25, 0.3) is 0 Å². The summed E-state index contributed by atoms with van der Waals surface area (Å²) in [7, 11) is -0.455. The Hall–Kier alpha value is -1.79. The van der Waals surface area contributed by atoms with Gasteiger partial charge in [-0.2, -0.15) is 0 Å². The van der Waals surface area contributed by atoms with Crippen molar-refractivity contribution >= 4 is 30.1 Å². The summed E-state index contributed by atoms with van der Waals surface area (Å²) in [5, 5.41) is 2.67. The maximum atomic E-state index is 11.6. The van der Waals surface area contributed by atoms with Gasteiger partial charge in [0, 0.05) is 11.1 Å². The van der Waals surface area contributed by atoms with E-state index in [0.717, 1.165) is 11.1 Å². The van der Waals surface area contributed by atoms with Crippen molar-refractivity contribution in [1.29, 1.82) is 0 Å². The molecule has 0 aromatic heterocycles. The quantitative estimate of drug-likeness (QED) is 0.569. The van der Waals surface area contributed by atoms with Crippen molar-refractivity contribution in [2.75, 3.05) is 0 Å². The summed E-state index contributed by atoms with van der Waals surface area (Å²) in [5.74, 6) is 0.221. The molecule has 0 radical (unpaired) electrons. The Bertz CT molecular complexity index is 683. The van der Waals surface area contributed by atoms with Crippen molar-refractivity contribution in [2.45, 2.75) is 51.6 Å². The van der Waals surface area contributed by atoms with Crippen molar-refractivity contribution in [3.8, 4) is 0 Å². The molecule has 0 bridgehead atoms. The lowest BCUT2D eigenvalue weighted by Gasteiger charge is -2.31. The van der Waals surface area contributed by atoms with Gasteiger partial charge in [0.25, 0.3) is 0 Å². The van der Waals surface area contributed by atoms with E-state index in [0.29, 0.717) is 5.66 Å². The smallest absolute Gasteiger partial charge is 0.159 e. The van der Waals surface area contributed by atoms with Gasteiger partial charge in [-0.3, -0.25) is 9.59 Å². The Kier molecular flexibility index (Phi) is 5.81. The number of ketones is 2. The van der Waals surface area contributed by atoms with Gasteiger partial charge in [0.15, 0.2) is 11.6 Å². The maximum absolute atomic E-state index is 11.6. The van der Waals surface area contributed by atoms with E-state index in [2.05, 4.69) is 24.3 Å². The first-order valence-corrected chi connectivity index (χ1v) is 10.5. The Morgan fingerprint density at radius 2 is 1.12 bits per heavy atom. The number of Topliss-reactive ketones (excluding diaryl/α,β-unsaturated/α-hetero) is 2. The number of hydrogen-bond acceptors (Lipinski definition) is 2. The summed E-state index contributed by atoms with van der Waals surface area (Å²) < 4.78 is 0. The first-order chi connectivity index (χ1) is 12.1. The summed E-state index contributed by atoms with van der Waals surface area (Å²) in [6, 6.07) is 16.4. The molecule has 1 saturated carbocycles. The molecule has 3 heteroatoms. The van der Waals surface area contributed by atoms with E-state index in [-0.39, 0.29) is 11.6 Å². The van der Waals surface area contributed by atoms with Crippen molar-refractivity contribution < 1.29 is 9.59 Å². The fraction of sp³-hybridized carbons (Fsp3) is 0.364. The molecule has 1 aliphatic rings. The molecule has 25 heavy (non-hydrogen) atoms. The molecule has 2 nitrogen and oxygen atoms in total. The second kappa shape index (κ2) is 8.06. The van der Waals surface area contributed by atoms with E-state index in [1.807, 2.05) is 24.3 Å². The minimum atomic E-state index is -0.455. The van der Waals surface area contributed by atoms with E-state index in [1.54, 1.807) is 13.8 Å². The predicted octanol–water partition coefficient (Wildman–Crippen LogP) is 4.86. The summed E-state index contributed by atoms with van der Waals surface area (Å²) >= 11 is 0. The lowest BCUT2D eigenvalue weighted by atomic mass is 10.0. The molecule has 1 fully saturated rings. The van der Waals surface area contributed by atoms with Gasteiger partial charge in [-0.1, -0.05) is 67.8 Å². The Morgan fingerprint density at radius 3 is 1.48 bits per heavy atom. The van der Waals surface area contributed by atoms with Gasteiger partial charge in [-0.05, 0) is 50.9 Å². The third-order valence-electron chi connectivity index (χ3n) is 5.04. The standard InChI is InChI=1S/C22H25O2P/c1-16(23)18-8-12-21(13-9-18)25(20-6-4-3-5-7-20)22-14-10-19(11-15-22)17(2)24/h8-15,20H,3-7H2,1-2H3. The monoisotopic (exact) mass is 352 g/mol. The molecule has 0 amide bonds. The van der Waals surface area contributed by atoms with Gasteiger partial charge in [0.1, 0.15) is 0 Å². The lowest BCUT2D eigenvalue weighted by molar-refractivity contribution is 0.100. The van der Waals surface area contributed by atoms with Crippen molar-refractivity contribution in [1.82, 2.24) is 0 Å². The molecular weight excluding hydrogens is 327 g/mol. The van der Waals surface area contributed by atoms with Crippen LogP contribution >= 0.6 is 7.92 Å². The third-order valence-corrected chi connectivity index (χ3v) is 8.00. The highest BCUT2D eigenvalue weighted by atomic mass is 31.1. The highest BCUT2D eigenvalue weighted by molar-refractivity contribution is 7.73. The number of hydrogen-bond donors (Lipinski definition) is 0. The third kappa shape index (κ3) is 4.25. The number of carbonyl (C=O) groups excluding carboxylic acids is 2. The fourth-order valence-corrected chi connectivity index (χ4v) is 6.59. The van der Waals surface area contributed by atoms with Crippen LogP contribution in [0.4, 0.5) is 0 Å². The van der Waals surface area contributed by atoms with E-state index < -0.39 is 7.92 Å². The van der Waals surface area contributed by atoms with Crippen LogP contribution in [0.2, 0.25) is 0 Å². The van der Waals surface area contributed by atoms with Gasteiger partial charge < -0.3 is 0 Å². The van der Waals surface area contributed by atoms with Crippen molar-refractivity contribution in [3.05, 3.63) is 59.7 Å². The maximum Gasteiger partial charge on any atom is 0.159 e. The summed E-state index contributed by atoms with van der Waals surface area (Å²) in [4.78, 5) is 23.1. The van der Waals surface area contributed by atoms with Crippen LogP contribution in [0.1, 0.15) is 66.7 Å². The summed E-state index contributed by atoms with van der Waals surface area (Å²) in [6.07, 6.45) is 6.50. The van der Waals surface area contributed by atoms with Gasteiger partial charge >= 0.3 is 0 Å². The van der Waals surface area contributed by atoms with E-state index in [4.69, 9.17) is 0 Å². The van der Waals surface area contributed by atoms with Crippen molar-refractivity contribution in [3.63, 3.8) is 0 Å². The molecule has 2 aromatic rings. The Labute approximate surface area is 151 Å². The summed E-state index contributed by atoms with van der Waals surface area (Å²) in [5.41, 5.74) is 2.23. The Morgan fingerprint density at radius 1 is 0.720 bits per heavy atom. The zero-order valence-electron chi connectivity index (χ0n) is 15.0. The van der Waals surface area contributed by atoms with Crippen LogP contribution in [0.15, 0.2) is 48.5 Å². The molecule has 0 N–H and O–H groups in total. The molecular formula is C22H25O2P. The molecule has 3 rings (SSSR count). The molecule has 0 spiro atoms. The normalized spacial score (nSPS) is 15.3. The first-order valence-electron chi connectivity index (χ1n) is 9.07. The van der Waals surface area contributed by atoms with Gasteiger partial charge in [0.05, 0.1) is 0 Å². The molecule has 0 saturated heterocycles. The van der Waals surface area contributed by atoms with Crippen molar-refractivity contribution in [2.24, 2.45) is 0 Å². The van der Waals surface area contributed by atoms with E-state index >= 15 is 0 Å².